The van der Waals surface area contributed by atoms with Gasteiger partial charge in [0.15, 0.2) is 11.6 Å². The molecular weight excluding hydrogens is 262 g/mol. The maximum atomic E-state index is 13.9. The van der Waals surface area contributed by atoms with Crippen LogP contribution in [0.5, 0.6) is 0 Å². The lowest BCUT2D eigenvalue weighted by Gasteiger charge is -2.04. The molecule has 0 aliphatic rings. The maximum absolute atomic E-state index is 13.9. The van der Waals surface area contributed by atoms with Gasteiger partial charge >= 0.3 is 0 Å². The first-order valence-electron chi connectivity index (χ1n) is 6.05. The molecule has 0 bridgehead atoms. The van der Waals surface area contributed by atoms with Crippen LogP contribution in [0.4, 0.5) is 14.6 Å². The lowest BCUT2D eigenvalue weighted by molar-refractivity contribution is 0.511. The number of rotatable bonds is 1. The van der Waals surface area contributed by atoms with Crippen molar-refractivity contribution in [2.45, 2.75) is 13.8 Å². The van der Waals surface area contributed by atoms with Crippen molar-refractivity contribution in [2.24, 2.45) is 0 Å². The zero-order valence-corrected chi connectivity index (χ0v) is 11.0. The van der Waals surface area contributed by atoms with Gasteiger partial charge in [0.25, 0.3) is 0 Å². The third-order valence-corrected chi connectivity index (χ3v) is 3.15. The molecule has 3 aromatic rings. The Morgan fingerprint density at radius 1 is 1.15 bits per heavy atom. The lowest BCUT2D eigenvalue weighted by atomic mass is 10.1. The molecule has 0 spiro atoms. The molecule has 4 nitrogen and oxygen atoms in total. The van der Waals surface area contributed by atoms with Gasteiger partial charge in [-0.05, 0) is 32.0 Å². The molecule has 0 radical (unpaired) electrons. The van der Waals surface area contributed by atoms with Crippen molar-refractivity contribution in [2.75, 3.05) is 5.73 Å². The van der Waals surface area contributed by atoms with Gasteiger partial charge in [-0.25, -0.2) is 18.7 Å². The van der Waals surface area contributed by atoms with E-state index in [1.54, 1.807) is 4.40 Å². The van der Waals surface area contributed by atoms with Gasteiger partial charge in [0, 0.05) is 17.0 Å². The first kappa shape index (κ1) is 12.5. The molecule has 1 aromatic carbocycles. The molecule has 0 atom stereocenters. The lowest BCUT2D eigenvalue weighted by Crippen LogP contribution is -2.00. The van der Waals surface area contributed by atoms with Crippen LogP contribution in [-0.4, -0.2) is 14.4 Å². The summed E-state index contributed by atoms with van der Waals surface area (Å²) in [6, 6.07) is 5.76. The molecule has 0 aliphatic carbocycles. The van der Waals surface area contributed by atoms with E-state index in [9.17, 15) is 8.78 Å². The highest BCUT2D eigenvalue weighted by Gasteiger charge is 2.18. The molecule has 0 amide bonds. The second kappa shape index (κ2) is 4.26. The van der Waals surface area contributed by atoms with E-state index in [-0.39, 0.29) is 17.1 Å². The number of imidazole rings is 1. The van der Waals surface area contributed by atoms with Crippen molar-refractivity contribution in [1.29, 1.82) is 0 Å². The van der Waals surface area contributed by atoms with Crippen molar-refractivity contribution in [3.8, 4) is 11.3 Å². The number of hydrogen-bond donors (Lipinski definition) is 1. The highest BCUT2D eigenvalue weighted by atomic mass is 19.2. The van der Waals surface area contributed by atoms with Gasteiger partial charge in [0.2, 0.25) is 5.78 Å². The van der Waals surface area contributed by atoms with Crippen LogP contribution in [0, 0.1) is 25.5 Å². The van der Waals surface area contributed by atoms with Crippen LogP contribution < -0.4 is 5.73 Å². The normalized spacial score (nSPS) is 11.2. The Bertz CT molecular complexity index is 824. The van der Waals surface area contributed by atoms with Gasteiger partial charge in [-0.2, -0.15) is 0 Å². The van der Waals surface area contributed by atoms with E-state index in [4.69, 9.17) is 5.73 Å². The molecule has 0 fully saturated rings. The molecule has 2 N–H and O–H groups in total. The van der Waals surface area contributed by atoms with Crippen molar-refractivity contribution >= 4 is 11.6 Å². The van der Waals surface area contributed by atoms with Gasteiger partial charge in [-0.15, -0.1) is 0 Å². The maximum Gasteiger partial charge on any atom is 0.236 e. The van der Waals surface area contributed by atoms with Gasteiger partial charge in [0.05, 0.1) is 0 Å². The molecule has 0 saturated heterocycles. The van der Waals surface area contributed by atoms with Gasteiger partial charge in [0.1, 0.15) is 11.5 Å². The smallest absolute Gasteiger partial charge is 0.236 e. The minimum Gasteiger partial charge on any atom is -0.383 e. The topological polar surface area (TPSA) is 56.2 Å². The highest BCUT2D eigenvalue weighted by molar-refractivity contribution is 5.74. The molecule has 0 aliphatic heterocycles. The number of fused-ring (bicyclic) bond motifs is 1. The van der Waals surface area contributed by atoms with Gasteiger partial charge in [-0.3, -0.25) is 4.40 Å². The fraction of sp³-hybridized carbons (Fsp3) is 0.143. The van der Waals surface area contributed by atoms with E-state index in [1.807, 2.05) is 19.9 Å². The minimum atomic E-state index is -0.961. The number of aromatic nitrogens is 3. The largest absolute Gasteiger partial charge is 0.383 e. The number of nitrogens with two attached hydrogens (primary N) is 1. The number of benzene rings is 1. The summed E-state index contributed by atoms with van der Waals surface area (Å²) >= 11 is 0. The van der Waals surface area contributed by atoms with E-state index in [0.29, 0.717) is 5.78 Å². The fourth-order valence-electron chi connectivity index (χ4n) is 2.29. The average Bonchev–Trinajstić information content (AvgIpc) is 2.70. The van der Waals surface area contributed by atoms with E-state index in [2.05, 4.69) is 9.97 Å². The van der Waals surface area contributed by atoms with Crippen LogP contribution >= 0.6 is 0 Å². The van der Waals surface area contributed by atoms with E-state index < -0.39 is 11.6 Å². The van der Waals surface area contributed by atoms with Crippen molar-refractivity contribution in [1.82, 2.24) is 14.4 Å². The Labute approximate surface area is 113 Å². The predicted octanol–water partition coefficient (Wildman–Crippen LogP) is 2.87. The Balaban J connectivity index is 2.35. The average molecular weight is 274 g/mol. The Morgan fingerprint density at radius 3 is 2.65 bits per heavy atom. The summed E-state index contributed by atoms with van der Waals surface area (Å²) in [5.41, 5.74) is 7.86. The van der Waals surface area contributed by atoms with Crippen molar-refractivity contribution in [3.63, 3.8) is 0 Å². The summed E-state index contributed by atoms with van der Waals surface area (Å²) in [6.45, 7) is 3.69. The third kappa shape index (κ3) is 1.72. The number of nitrogen functional groups attached to an aromatic ring is 1. The molecule has 20 heavy (non-hydrogen) atoms. The Morgan fingerprint density at radius 2 is 1.90 bits per heavy atom. The number of anilines is 1. The Hall–Kier alpha value is -2.50. The molecule has 3 rings (SSSR count). The predicted molar refractivity (Wildman–Crippen MR) is 72.2 cm³/mol. The van der Waals surface area contributed by atoms with Crippen LogP contribution in [-0.2, 0) is 0 Å². The molecular formula is C14H12F2N4. The molecule has 6 heteroatoms. The molecule has 0 saturated carbocycles. The second-order valence-corrected chi connectivity index (χ2v) is 4.62. The van der Waals surface area contributed by atoms with Crippen molar-refractivity contribution in [3.05, 3.63) is 47.3 Å². The quantitative estimate of drug-likeness (QED) is 0.742. The number of halogens is 2. The van der Waals surface area contributed by atoms with Crippen LogP contribution in [0.2, 0.25) is 0 Å². The summed E-state index contributed by atoms with van der Waals surface area (Å²) in [5, 5.41) is 0. The van der Waals surface area contributed by atoms with Crippen LogP contribution in [0.3, 0.4) is 0 Å². The number of hydrogen-bond acceptors (Lipinski definition) is 3. The zero-order chi connectivity index (χ0) is 14.4. The SMILES string of the molecule is Cc1cc(C)n2c(N)c(-c3cccc(F)c3F)nc2n1. The Kier molecular flexibility index (Phi) is 2.67. The number of nitrogens with zero attached hydrogens (tertiary/aromatic N) is 3. The molecule has 2 aromatic heterocycles. The highest BCUT2D eigenvalue weighted by Crippen LogP contribution is 2.29. The van der Waals surface area contributed by atoms with Crippen LogP contribution in [0.1, 0.15) is 11.4 Å². The summed E-state index contributed by atoms with van der Waals surface area (Å²) in [4.78, 5) is 8.48. The van der Waals surface area contributed by atoms with Gasteiger partial charge < -0.3 is 5.73 Å². The van der Waals surface area contributed by atoms with E-state index in [0.717, 1.165) is 17.5 Å². The van der Waals surface area contributed by atoms with E-state index in [1.165, 1.54) is 12.1 Å². The summed E-state index contributed by atoms with van der Waals surface area (Å²) in [5.74, 6) is -1.27. The van der Waals surface area contributed by atoms with Crippen LogP contribution in [0.15, 0.2) is 24.3 Å². The van der Waals surface area contributed by atoms with Gasteiger partial charge in [-0.1, -0.05) is 6.07 Å². The third-order valence-electron chi connectivity index (χ3n) is 3.15. The monoisotopic (exact) mass is 274 g/mol. The first-order valence-corrected chi connectivity index (χ1v) is 6.05. The first-order chi connectivity index (χ1) is 9.49. The molecule has 0 unspecified atom stereocenters. The summed E-state index contributed by atoms with van der Waals surface area (Å²) in [7, 11) is 0. The minimum absolute atomic E-state index is 0.0325. The van der Waals surface area contributed by atoms with Crippen LogP contribution in [0.25, 0.3) is 17.0 Å². The fourth-order valence-corrected chi connectivity index (χ4v) is 2.29. The molecule has 102 valence electrons. The van der Waals surface area contributed by atoms with Crippen molar-refractivity contribution < 1.29 is 8.78 Å². The summed E-state index contributed by atoms with van der Waals surface area (Å²) < 4.78 is 28.8. The summed E-state index contributed by atoms with van der Waals surface area (Å²) in [6.07, 6.45) is 0. The molecule has 2 heterocycles. The second-order valence-electron chi connectivity index (χ2n) is 4.62. The standard InChI is InChI=1S/C14H12F2N4/c1-7-6-8(2)20-13(17)12(19-14(20)18-7)9-4-3-5-10(15)11(9)16/h3-6H,17H2,1-2H3. The number of aryl methyl sites for hydroxylation is 2. The van der Waals surface area contributed by atoms with E-state index >= 15 is 0 Å². The zero-order valence-electron chi connectivity index (χ0n) is 11.0.